The van der Waals surface area contributed by atoms with Crippen LogP contribution in [0.15, 0.2) is 12.2 Å². The van der Waals surface area contributed by atoms with Crippen LogP contribution in [0.4, 0.5) is 0 Å². The van der Waals surface area contributed by atoms with Crippen LogP contribution in [0.2, 0.25) is 0 Å². The van der Waals surface area contributed by atoms with E-state index in [-0.39, 0.29) is 12.6 Å². The Hall–Kier alpha value is -0.990. The molecule has 2 fully saturated rings. The Morgan fingerprint density at radius 3 is 2.52 bits per heavy atom. The first-order chi connectivity index (χ1) is 11.9. The first kappa shape index (κ1) is 20.3. The van der Waals surface area contributed by atoms with Gasteiger partial charge in [-0.3, -0.25) is 9.69 Å². The Kier molecular flexibility index (Phi) is 7.83. The molecule has 0 aromatic carbocycles. The molecule has 3 N–H and O–H groups in total. The zero-order valence-electron chi connectivity index (χ0n) is 15.0. The second-order valence-corrected chi connectivity index (χ2v) is 7.10. The van der Waals surface area contributed by atoms with Crippen molar-refractivity contribution in [3.63, 3.8) is 0 Å². The van der Waals surface area contributed by atoms with Gasteiger partial charge in [0.05, 0.1) is 19.3 Å². The zero-order valence-corrected chi connectivity index (χ0v) is 15.0. The van der Waals surface area contributed by atoms with Crippen molar-refractivity contribution in [1.29, 1.82) is 0 Å². The van der Waals surface area contributed by atoms with Gasteiger partial charge < -0.3 is 24.8 Å². The average Bonchev–Trinajstić information content (AvgIpc) is 2.57. The first-order valence-electron chi connectivity index (χ1n) is 9.11. The molecule has 2 saturated heterocycles. The third-order valence-corrected chi connectivity index (χ3v) is 5.01. The predicted octanol–water partition coefficient (Wildman–Crippen LogP) is 0.0794. The molecule has 7 heteroatoms. The van der Waals surface area contributed by atoms with Crippen molar-refractivity contribution in [2.75, 3.05) is 32.8 Å². The van der Waals surface area contributed by atoms with Crippen LogP contribution >= 0.6 is 0 Å². The molecule has 0 amide bonds. The van der Waals surface area contributed by atoms with E-state index in [9.17, 15) is 20.1 Å². The second kappa shape index (κ2) is 9.64. The molecule has 2 rings (SSSR count). The molecule has 0 spiro atoms. The van der Waals surface area contributed by atoms with E-state index < -0.39 is 24.4 Å². The van der Waals surface area contributed by atoms with Crippen LogP contribution in [-0.2, 0) is 14.3 Å². The molecular weight excluding hydrogens is 326 g/mol. The average molecular weight is 357 g/mol. The number of carbonyl (C=O) groups is 1. The van der Waals surface area contributed by atoms with Gasteiger partial charge in [-0.2, -0.15) is 0 Å². The molecule has 7 nitrogen and oxygen atoms in total. The molecule has 2 heterocycles. The highest BCUT2D eigenvalue weighted by Crippen LogP contribution is 2.24. The van der Waals surface area contributed by atoms with Crippen LogP contribution < -0.4 is 0 Å². The largest absolute Gasteiger partial charge is 0.466 e. The number of nitrogens with zero attached hydrogens (tertiary/aromatic N) is 1. The summed E-state index contributed by atoms with van der Waals surface area (Å²) in [4.78, 5) is 13.8. The molecular formula is C18H31NO6. The van der Waals surface area contributed by atoms with Crippen molar-refractivity contribution in [3.8, 4) is 0 Å². The number of esters is 1. The summed E-state index contributed by atoms with van der Waals surface area (Å²) in [5.41, 5.74) is 0.927. The maximum absolute atomic E-state index is 11.5. The van der Waals surface area contributed by atoms with Crippen molar-refractivity contribution >= 4 is 5.97 Å². The fourth-order valence-corrected chi connectivity index (χ4v) is 3.52. The zero-order chi connectivity index (χ0) is 18.4. The summed E-state index contributed by atoms with van der Waals surface area (Å²) in [6.45, 7) is 8.84. The van der Waals surface area contributed by atoms with Gasteiger partial charge in [-0.05, 0) is 45.2 Å². The van der Waals surface area contributed by atoms with Gasteiger partial charge in [0.15, 0.2) is 0 Å². The highest BCUT2D eigenvalue weighted by atomic mass is 16.5. The van der Waals surface area contributed by atoms with Gasteiger partial charge in [0.2, 0.25) is 0 Å². The van der Waals surface area contributed by atoms with E-state index in [0.29, 0.717) is 31.9 Å². The molecule has 4 atom stereocenters. The molecule has 0 aromatic heterocycles. The van der Waals surface area contributed by atoms with E-state index >= 15 is 0 Å². The Morgan fingerprint density at radius 1 is 1.20 bits per heavy atom. The molecule has 2 aliphatic rings. The van der Waals surface area contributed by atoms with Gasteiger partial charge in [0, 0.05) is 13.0 Å². The van der Waals surface area contributed by atoms with Crippen LogP contribution in [0.5, 0.6) is 0 Å². The van der Waals surface area contributed by atoms with Crippen LogP contribution in [-0.4, -0.2) is 83.5 Å². The lowest BCUT2D eigenvalue weighted by Crippen LogP contribution is -2.53. The summed E-state index contributed by atoms with van der Waals surface area (Å²) in [6.07, 6.45) is -0.997. The molecule has 0 saturated carbocycles. The number of carbonyl (C=O) groups excluding carboxylic acids is 1. The normalized spacial score (nSPS) is 31.7. The maximum Gasteiger partial charge on any atom is 0.306 e. The maximum atomic E-state index is 11.5. The Balaban J connectivity index is 1.69. The SMILES string of the molecule is C=C(C[C@@H]1OCC(O)C(O)[C@@H]1O)CN1CCC(CC(=O)OCC)CC1. The highest BCUT2D eigenvalue weighted by Gasteiger charge is 2.37. The minimum Gasteiger partial charge on any atom is -0.466 e. The second-order valence-electron chi connectivity index (χ2n) is 7.10. The lowest BCUT2D eigenvalue weighted by atomic mass is 9.92. The van der Waals surface area contributed by atoms with E-state index in [1.165, 1.54) is 0 Å². The van der Waals surface area contributed by atoms with Crippen molar-refractivity contribution in [2.45, 2.75) is 57.0 Å². The van der Waals surface area contributed by atoms with Crippen LogP contribution in [0.3, 0.4) is 0 Å². The number of ether oxygens (including phenoxy) is 2. The number of piperidine rings is 1. The van der Waals surface area contributed by atoms with Gasteiger partial charge in [0.25, 0.3) is 0 Å². The predicted molar refractivity (Wildman–Crippen MR) is 91.9 cm³/mol. The van der Waals surface area contributed by atoms with Crippen molar-refractivity contribution < 1.29 is 29.6 Å². The molecule has 25 heavy (non-hydrogen) atoms. The number of hydrogen-bond donors (Lipinski definition) is 3. The molecule has 144 valence electrons. The summed E-state index contributed by atoms with van der Waals surface area (Å²) in [5.74, 6) is 0.262. The van der Waals surface area contributed by atoms with E-state index in [0.717, 1.165) is 31.5 Å². The van der Waals surface area contributed by atoms with E-state index in [2.05, 4.69) is 11.5 Å². The van der Waals surface area contributed by atoms with Crippen molar-refractivity contribution in [2.24, 2.45) is 5.92 Å². The molecule has 0 aromatic rings. The van der Waals surface area contributed by atoms with Crippen LogP contribution in [0.1, 0.15) is 32.6 Å². The Morgan fingerprint density at radius 2 is 1.88 bits per heavy atom. The number of rotatable bonds is 7. The smallest absolute Gasteiger partial charge is 0.306 e. The molecule has 2 unspecified atom stereocenters. The summed E-state index contributed by atoms with van der Waals surface area (Å²) in [5, 5.41) is 29.2. The Labute approximate surface area is 149 Å². The monoisotopic (exact) mass is 357 g/mol. The summed E-state index contributed by atoms with van der Waals surface area (Å²) in [6, 6.07) is 0. The number of aliphatic hydroxyl groups is 3. The van der Waals surface area contributed by atoms with Crippen molar-refractivity contribution in [3.05, 3.63) is 12.2 Å². The number of likely N-dealkylation sites (tertiary alicyclic amines) is 1. The summed E-state index contributed by atoms with van der Waals surface area (Å²) >= 11 is 0. The van der Waals surface area contributed by atoms with Gasteiger partial charge >= 0.3 is 5.97 Å². The topological polar surface area (TPSA) is 99.5 Å². The lowest BCUT2D eigenvalue weighted by Gasteiger charge is -2.36. The number of hydrogen-bond acceptors (Lipinski definition) is 7. The van der Waals surface area contributed by atoms with Gasteiger partial charge in [-0.25, -0.2) is 0 Å². The van der Waals surface area contributed by atoms with Crippen molar-refractivity contribution in [1.82, 2.24) is 4.90 Å². The summed E-state index contributed by atoms with van der Waals surface area (Å²) in [7, 11) is 0. The van der Waals surface area contributed by atoms with E-state index in [1.807, 2.05) is 6.92 Å². The van der Waals surface area contributed by atoms with Gasteiger partial charge in [-0.1, -0.05) is 12.2 Å². The first-order valence-corrected chi connectivity index (χ1v) is 9.11. The fraction of sp³-hybridized carbons (Fsp3) is 0.833. The van der Waals surface area contributed by atoms with Crippen LogP contribution in [0, 0.1) is 5.92 Å². The number of aliphatic hydroxyl groups excluding tert-OH is 3. The third kappa shape index (κ3) is 6.04. The Bertz CT molecular complexity index is 449. The van der Waals surface area contributed by atoms with E-state index in [1.54, 1.807) is 0 Å². The molecule has 2 aliphatic heterocycles. The lowest BCUT2D eigenvalue weighted by molar-refractivity contribution is -0.186. The van der Waals surface area contributed by atoms with Gasteiger partial charge in [-0.15, -0.1) is 0 Å². The molecule has 0 radical (unpaired) electrons. The quantitative estimate of drug-likeness (QED) is 0.438. The molecule has 0 aliphatic carbocycles. The standard InChI is InChI=1S/C18H31NO6/c1-3-24-16(21)9-13-4-6-19(7-5-13)10-12(2)8-15-18(23)17(22)14(20)11-25-15/h13-15,17-18,20,22-23H,2-11H2,1H3/t14?,15-,17?,18+/m0/s1. The molecule has 0 bridgehead atoms. The van der Waals surface area contributed by atoms with E-state index in [4.69, 9.17) is 9.47 Å². The fourth-order valence-electron chi connectivity index (χ4n) is 3.52. The highest BCUT2D eigenvalue weighted by molar-refractivity contribution is 5.69. The van der Waals surface area contributed by atoms with Gasteiger partial charge in [0.1, 0.15) is 18.3 Å². The summed E-state index contributed by atoms with van der Waals surface area (Å²) < 4.78 is 10.4. The minimum atomic E-state index is -1.18. The third-order valence-electron chi connectivity index (χ3n) is 5.01. The van der Waals surface area contributed by atoms with Crippen LogP contribution in [0.25, 0.3) is 0 Å². The minimum absolute atomic E-state index is 0.0232.